The Hall–Kier alpha value is -2.57. The van der Waals surface area contributed by atoms with Crippen molar-refractivity contribution in [2.45, 2.75) is 13.5 Å². The fourth-order valence-corrected chi connectivity index (χ4v) is 1.59. The van der Waals surface area contributed by atoms with Gasteiger partial charge in [0, 0.05) is 12.6 Å². The molecule has 2 rings (SSSR count). The molecule has 0 aromatic carbocycles. The molecular weight excluding hydrogens is 248 g/mol. The topological polar surface area (TPSA) is 93.2 Å². The van der Waals surface area contributed by atoms with Crippen molar-refractivity contribution in [2.24, 2.45) is 0 Å². The van der Waals surface area contributed by atoms with Gasteiger partial charge in [-0.25, -0.2) is 4.98 Å². The molecule has 0 amide bonds. The summed E-state index contributed by atoms with van der Waals surface area (Å²) < 4.78 is 5.16. The number of hydrogen-bond donors (Lipinski definition) is 2. The van der Waals surface area contributed by atoms with Gasteiger partial charge in [-0.3, -0.25) is 10.1 Å². The maximum atomic E-state index is 10.9. The SMILES string of the molecule is CCNc1ccc([N+](=O)[O-])c(NCc2ccco2)n1. The molecule has 0 atom stereocenters. The van der Waals surface area contributed by atoms with Gasteiger partial charge in [-0.1, -0.05) is 0 Å². The molecule has 2 aromatic rings. The zero-order valence-electron chi connectivity index (χ0n) is 10.4. The number of hydrogen-bond acceptors (Lipinski definition) is 6. The van der Waals surface area contributed by atoms with Crippen molar-refractivity contribution in [3.05, 3.63) is 46.4 Å². The van der Waals surface area contributed by atoms with Gasteiger partial charge in [-0.15, -0.1) is 0 Å². The minimum Gasteiger partial charge on any atom is -0.467 e. The Morgan fingerprint density at radius 2 is 2.21 bits per heavy atom. The molecule has 19 heavy (non-hydrogen) atoms. The fourth-order valence-electron chi connectivity index (χ4n) is 1.59. The van der Waals surface area contributed by atoms with Gasteiger partial charge in [0.1, 0.15) is 11.6 Å². The van der Waals surface area contributed by atoms with Crippen molar-refractivity contribution < 1.29 is 9.34 Å². The van der Waals surface area contributed by atoms with Crippen LogP contribution in [0.5, 0.6) is 0 Å². The molecule has 0 fully saturated rings. The number of rotatable bonds is 6. The average Bonchev–Trinajstić information content (AvgIpc) is 2.89. The molecule has 2 heterocycles. The summed E-state index contributed by atoms with van der Waals surface area (Å²) in [6, 6.07) is 6.55. The quantitative estimate of drug-likeness (QED) is 0.614. The fraction of sp³-hybridized carbons (Fsp3) is 0.250. The monoisotopic (exact) mass is 262 g/mol. The van der Waals surface area contributed by atoms with Crippen LogP contribution in [-0.4, -0.2) is 16.5 Å². The van der Waals surface area contributed by atoms with Gasteiger partial charge in [0.25, 0.3) is 0 Å². The molecule has 2 N–H and O–H groups in total. The number of nitrogens with one attached hydrogen (secondary N) is 2. The molecule has 0 unspecified atom stereocenters. The minimum absolute atomic E-state index is 0.0618. The average molecular weight is 262 g/mol. The maximum absolute atomic E-state index is 10.9. The first-order valence-corrected chi connectivity index (χ1v) is 5.86. The predicted molar refractivity (Wildman–Crippen MR) is 71.1 cm³/mol. The number of pyridine rings is 1. The van der Waals surface area contributed by atoms with E-state index in [1.54, 1.807) is 24.5 Å². The van der Waals surface area contributed by atoms with Crippen LogP contribution in [0.3, 0.4) is 0 Å². The highest BCUT2D eigenvalue weighted by atomic mass is 16.6. The van der Waals surface area contributed by atoms with E-state index in [-0.39, 0.29) is 11.5 Å². The lowest BCUT2D eigenvalue weighted by atomic mass is 10.3. The molecule has 100 valence electrons. The first-order valence-electron chi connectivity index (χ1n) is 5.86. The molecule has 0 aliphatic rings. The van der Waals surface area contributed by atoms with Crippen molar-refractivity contribution in [3.63, 3.8) is 0 Å². The van der Waals surface area contributed by atoms with E-state index in [9.17, 15) is 10.1 Å². The Morgan fingerprint density at radius 3 is 2.84 bits per heavy atom. The van der Waals surface area contributed by atoms with Crippen LogP contribution in [0.25, 0.3) is 0 Å². The summed E-state index contributed by atoms with van der Waals surface area (Å²) in [4.78, 5) is 14.6. The molecule has 0 spiro atoms. The van der Waals surface area contributed by atoms with E-state index in [1.807, 2.05) is 6.92 Å². The van der Waals surface area contributed by atoms with Crippen molar-refractivity contribution in [1.82, 2.24) is 4.98 Å². The molecule has 7 nitrogen and oxygen atoms in total. The molecule has 0 aliphatic heterocycles. The molecule has 0 radical (unpaired) electrons. The lowest BCUT2D eigenvalue weighted by Gasteiger charge is -2.07. The van der Waals surface area contributed by atoms with Gasteiger partial charge >= 0.3 is 5.69 Å². The summed E-state index contributed by atoms with van der Waals surface area (Å²) in [5, 5.41) is 16.9. The second kappa shape index (κ2) is 5.85. The van der Waals surface area contributed by atoms with Crippen molar-refractivity contribution in [1.29, 1.82) is 0 Å². The van der Waals surface area contributed by atoms with Gasteiger partial charge in [0.15, 0.2) is 0 Å². The molecule has 2 aromatic heterocycles. The summed E-state index contributed by atoms with van der Waals surface area (Å²) >= 11 is 0. The highest BCUT2D eigenvalue weighted by Crippen LogP contribution is 2.24. The van der Waals surface area contributed by atoms with Gasteiger partial charge in [0.05, 0.1) is 17.7 Å². The Morgan fingerprint density at radius 1 is 1.37 bits per heavy atom. The van der Waals surface area contributed by atoms with Crippen molar-refractivity contribution in [3.8, 4) is 0 Å². The smallest absolute Gasteiger partial charge is 0.311 e. The van der Waals surface area contributed by atoms with Crippen LogP contribution < -0.4 is 10.6 Å². The van der Waals surface area contributed by atoms with E-state index >= 15 is 0 Å². The molecule has 0 saturated carbocycles. The van der Waals surface area contributed by atoms with E-state index in [2.05, 4.69) is 15.6 Å². The number of anilines is 2. The molecule has 0 saturated heterocycles. The van der Waals surface area contributed by atoms with Crippen LogP contribution in [0.2, 0.25) is 0 Å². The van der Waals surface area contributed by atoms with Gasteiger partial charge in [-0.2, -0.15) is 0 Å². The largest absolute Gasteiger partial charge is 0.467 e. The first kappa shape index (κ1) is 12.9. The van der Waals surface area contributed by atoms with Crippen LogP contribution in [-0.2, 0) is 6.54 Å². The van der Waals surface area contributed by atoms with Crippen LogP contribution in [0.4, 0.5) is 17.3 Å². The lowest BCUT2D eigenvalue weighted by molar-refractivity contribution is -0.384. The first-order chi connectivity index (χ1) is 9.20. The van der Waals surface area contributed by atoms with Gasteiger partial charge in [-0.05, 0) is 25.1 Å². The molecule has 0 aliphatic carbocycles. The Kier molecular flexibility index (Phi) is 3.97. The highest BCUT2D eigenvalue weighted by molar-refractivity contribution is 5.60. The normalized spacial score (nSPS) is 10.2. The third-order valence-electron chi connectivity index (χ3n) is 2.44. The second-order valence-corrected chi connectivity index (χ2v) is 3.78. The summed E-state index contributed by atoms with van der Waals surface area (Å²) in [5.41, 5.74) is -0.0618. The van der Waals surface area contributed by atoms with Crippen LogP contribution >= 0.6 is 0 Å². The van der Waals surface area contributed by atoms with Crippen molar-refractivity contribution in [2.75, 3.05) is 17.2 Å². The molecule has 0 bridgehead atoms. The Balaban J connectivity index is 2.19. The zero-order chi connectivity index (χ0) is 13.7. The summed E-state index contributed by atoms with van der Waals surface area (Å²) in [5.74, 6) is 1.50. The lowest BCUT2D eigenvalue weighted by Crippen LogP contribution is -2.07. The Bertz CT molecular complexity index is 554. The third-order valence-corrected chi connectivity index (χ3v) is 2.44. The van der Waals surface area contributed by atoms with Crippen molar-refractivity contribution >= 4 is 17.3 Å². The van der Waals surface area contributed by atoms with E-state index in [1.165, 1.54) is 6.07 Å². The van der Waals surface area contributed by atoms with Crippen LogP contribution in [0.15, 0.2) is 34.9 Å². The van der Waals surface area contributed by atoms with E-state index in [0.29, 0.717) is 24.7 Å². The van der Waals surface area contributed by atoms with E-state index < -0.39 is 4.92 Å². The van der Waals surface area contributed by atoms with Gasteiger partial charge in [0.2, 0.25) is 5.82 Å². The maximum Gasteiger partial charge on any atom is 0.311 e. The summed E-state index contributed by atoms with van der Waals surface area (Å²) in [7, 11) is 0. The highest BCUT2D eigenvalue weighted by Gasteiger charge is 2.15. The number of nitro groups is 1. The summed E-state index contributed by atoms with van der Waals surface area (Å²) in [6.45, 7) is 2.97. The zero-order valence-corrected chi connectivity index (χ0v) is 10.4. The molecule has 7 heteroatoms. The predicted octanol–water partition coefficient (Wildman–Crippen LogP) is 2.63. The number of nitrogens with zero attached hydrogens (tertiary/aromatic N) is 2. The van der Waals surface area contributed by atoms with Crippen LogP contribution in [0.1, 0.15) is 12.7 Å². The third kappa shape index (κ3) is 3.21. The minimum atomic E-state index is -0.465. The standard InChI is InChI=1S/C12H14N4O3/c1-2-13-11-6-5-10(16(17)18)12(15-11)14-8-9-4-3-7-19-9/h3-7H,2,8H2,1H3,(H2,13,14,15). The summed E-state index contributed by atoms with van der Waals surface area (Å²) in [6.07, 6.45) is 1.55. The van der Waals surface area contributed by atoms with Crippen LogP contribution in [0, 0.1) is 10.1 Å². The Labute approximate surface area is 109 Å². The van der Waals surface area contributed by atoms with Gasteiger partial charge < -0.3 is 15.1 Å². The van der Waals surface area contributed by atoms with E-state index in [4.69, 9.17) is 4.42 Å². The molecular formula is C12H14N4O3. The van der Waals surface area contributed by atoms with E-state index in [0.717, 1.165) is 0 Å². The number of furan rings is 1. The second-order valence-electron chi connectivity index (χ2n) is 3.78. The number of aromatic nitrogens is 1.